The van der Waals surface area contributed by atoms with Crippen molar-refractivity contribution in [3.8, 4) is 0 Å². The summed E-state index contributed by atoms with van der Waals surface area (Å²) in [5.41, 5.74) is -1.05. The number of nitrogens with zero attached hydrogens (tertiary/aromatic N) is 2. The highest BCUT2D eigenvalue weighted by Gasteiger charge is 2.36. The fourth-order valence-corrected chi connectivity index (χ4v) is 5.24. The molecule has 1 aromatic carbocycles. The molecule has 1 aromatic rings. The van der Waals surface area contributed by atoms with Gasteiger partial charge in [-0.25, -0.2) is 0 Å². The molecular formula is C27H38F3N3O3. The molecule has 0 radical (unpaired) electrons. The number of rotatable bonds is 8. The normalized spacial score (nSPS) is 20.8. The average Bonchev–Trinajstić information content (AvgIpc) is 3.38. The van der Waals surface area contributed by atoms with Crippen molar-refractivity contribution >= 4 is 17.7 Å². The fraction of sp³-hybridized carbons (Fsp3) is 0.667. The molecule has 36 heavy (non-hydrogen) atoms. The summed E-state index contributed by atoms with van der Waals surface area (Å²) in [4.78, 5) is 42.6. The Balaban J connectivity index is 1.62. The molecule has 3 amide bonds. The Hall–Kier alpha value is -2.58. The summed E-state index contributed by atoms with van der Waals surface area (Å²) < 4.78 is 39.2. The van der Waals surface area contributed by atoms with Crippen LogP contribution in [0.3, 0.4) is 0 Å². The third kappa shape index (κ3) is 7.01. The maximum atomic E-state index is 13.4. The van der Waals surface area contributed by atoms with Crippen molar-refractivity contribution in [1.82, 2.24) is 15.1 Å². The third-order valence-electron chi connectivity index (χ3n) is 7.72. The van der Waals surface area contributed by atoms with E-state index >= 15 is 0 Å². The molecule has 6 nitrogen and oxygen atoms in total. The van der Waals surface area contributed by atoms with E-state index < -0.39 is 23.7 Å². The van der Waals surface area contributed by atoms with Crippen LogP contribution < -0.4 is 5.32 Å². The summed E-state index contributed by atoms with van der Waals surface area (Å²) >= 11 is 0. The van der Waals surface area contributed by atoms with Crippen LogP contribution in [0, 0.1) is 11.8 Å². The number of alkyl halides is 3. The van der Waals surface area contributed by atoms with Crippen LogP contribution in [0.15, 0.2) is 24.3 Å². The van der Waals surface area contributed by atoms with Gasteiger partial charge in [0.15, 0.2) is 0 Å². The standard InChI is InChI=1S/C27H38F3N3O3/c1-4-18(2)24(31-25(35)21-10-7-11-22(16-21)27(28,29)30)26(36)32-14-15-33(19(3)17-32)23(34)13-12-20-8-5-6-9-20/h7,10-11,16,18-20,24H,4-6,8-9,12-15,17H2,1-3H3,(H,31,35). The van der Waals surface area contributed by atoms with Crippen LogP contribution in [-0.4, -0.2) is 59.2 Å². The van der Waals surface area contributed by atoms with Crippen molar-refractivity contribution in [3.63, 3.8) is 0 Å². The first-order chi connectivity index (χ1) is 17.0. The fourth-order valence-electron chi connectivity index (χ4n) is 5.24. The lowest BCUT2D eigenvalue weighted by atomic mass is 9.96. The molecule has 1 aliphatic heterocycles. The smallest absolute Gasteiger partial charge is 0.340 e. The maximum absolute atomic E-state index is 13.4. The van der Waals surface area contributed by atoms with E-state index in [1.807, 2.05) is 25.7 Å². The van der Waals surface area contributed by atoms with Crippen molar-refractivity contribution in [2.24, 2.45) is 11.8 Å². The van der Waals surface area contributed by atoms with Gasteiger partial charge in [-0.2, -0.15) is 13.2 Å². The molecule has 1 heterocycles. The SMILES string of the molecule is CCC(C)C(NC(=O)c1cccc(C(F)(F)F)c1)C(=O)N1CCN(C(=O)CCC2CCCC2)C(C)C1. The number of hydrogen-bond acceptors (Lipinski definition) is 3. The first-order valence-electron chi connectivity index (χ1n) is 13.1. The van der Waals surface area contributed by atoms with Gasteiger partial charge in [0.05, 0.1) is 5.56 Å². The van der Waals surface area contributed by atoms with Crippen LogP contribution in [0.4, 0.5) is 13.2 Å². The zero-order valence-electron chi connectivity index (χ0n) is 21.4. The summed E-state index contributed by atoms with van der Waals surface area (Å²) in [5, 5.41) is 2.68. The van der Waals surface area contributed by atoms with Gasteiger partial charge in [-0.15, -0.1) is 0 Å². The minimum Gasteiger partial charge on any atom is -0.340 e. The van der Waals surface area contributed by atoms with E-state index in [1.165, 1.54) is 37.8 Å². The van der Waals surface area contributed by atoms with Gasteiger partial charge in [-0.3, -0.25) is 14.4 Å². The molecule has 3 atom stereocenters. The molecule has 2 aliphatic rings. The molecule has 1 saturated carbocycles. The number of halogens is 3. The van der Waals surface area contributed by atoms with Crippen LogP contribution in [0.25, 0.3) is 0 Å². The molecule has 2 fully saturated rings. The highest BCUT2D eigenvalue weighted by atomic mass is 19.4. The molecule has 3 rings (SSSR count). The molecule has 0 aromatic heterocycles. The maximum Gasteiger partial charge on any atom is 0.416 e. The highest BCUT2D eigenvalue weighted by molar-refractivity contribution is 5.97. The van der Waals surface area contributed by atoms with Crippen LogP contribution in [-0.2, 0) is 15.8 Å². The Labute approximate surface area is 211 Å². The molecule has 200 valence electrons. The first kappa shape index (κ1) is 28.0. The number of amides is 3. The lowest BCUT2D eigenvalue weighted by Crippen LogP contribution is -2.60. The second-order valence-electron chi connectivity index (χ2n) is 10.3. The summed E-state index contributed by atoms with van der Waals surface area (Å²) in [6.45, 7) is 6.81. The van der Waals surface area contributed by atoms with Crippen LogP contribution in [0.2, 0.25) is 0 Å². The van der Waals surface area contributed by atoms with Gasteiger partial charge in [-0.05, 0) is 43.4 Å². The predicted octanol–water partition coefficient (Wildman–Crippen LogP) is 4.88. The average molecular weight is 510 g/mol. The summed E-state index contributed by atoms with van der Waals surface area (Å²) in [5.74, 6) is -0.432. The minimum atomic E-state index is -4.56. The van der Waals surface area contributed by atoms with Crippen molar-refractivity contribution in [2.75, 3.05) is 19.6 Å². The van der Waals surface area contributed by atoms with E-state index in [9.17, 15) is 27.6 Å². The number of hydrogen-bond donors (Lipinski definition) is 1. The van der Waals surface area contributed by atoms with Crippen molar-refractivity contribution in [1.29, 1.82) is 0 Å². The Morgan fingerprint density at radius 1 is 1.14 bits per heavy atom. The van der Waals surface area contributed by atoms with E-state index in [2.05, 4.69) is 5.32 Å². The summed E-state index contributed by atoms with van der Waals surface area (Å²) in [6.07, 6.45) is 2.40. The van der Waals surface area contributed by atoms with E-state index in [0.29, 0.717) is 38.4 Å². The van der Waals surface area contributed by atoms with E-state index in [1.54, 1.807) is 4.90 Å². The summed E-state index contributed by atoms with van der Waals surface area (Å²) in [7, 11) is 0. The van der Waals surface area contributed by atoms with Gasteiger partial charge in [0.1, 0.15) is 6.04 Å². The number of nitrogens with one attached hydrogen (secondary N) is 1. The van der Waals surface area contributed by atoms with Crippen molar-refractivity contribution < 1.29 is 27.6 Å². The number of benzene rings is 1. The molecule has 1 saturated heterocycles. The Bertz CT molecular complexity index is 930. The Morgan fingerprint density at radius 2 is 1.83 bits per heavy atom. The largest absolute Gasteiger partial charge is 0.416 e. The zero-order valence-corrected chi connectivity index (χ0v) is 21.4. The van der Waals surface area contributed by atoms with Crippen LogP contribution >= 0.6 is 0 Å². The lowest BCUT2D eigenvalue weighted by Gasteiger charge is -2.41. The second-order valence-corrected chi connectivity index (χ2v) is 10.3. The number of piperazine rings is 1. The molecule has 1 N–H and O–H groups in total. The van der Waals surface area contributed by atoms with Crippen LogP contribution in [0.5, 0.6) is 0 Å². The topological polar surface area (TPSA) is 69.7 Å². The van der Waals surface area contributed by atoms with E-state index in [4.69, 9.17) is 0 Å². The third-order valence-corrected chi connectivity index (χ3v) is 7.72. The van der Waals surface area contributed by atoms with Gasteiger partial charge in [0.25, 0.3) is 5.91 Å². The van der Waals surface area contributed by atoms with Crippen LogP contribution in [0.1, 0.15) is 81.6 Å². The molecule has 0 spiro atoms. The zero-order chi connectivity index (χ0) is 26.5. The second kappa shape index (κ2) is 12.1. The number of carbonyl (C=O) groups excluding carboxylic acids is 3. The molecule has 1 aliphatic carbocycles. The summed E-state index contributed by atoms with van der Waals surface area (Å²) in [6, 6.07) is 3.18. The monoisotopic (exact) mass is 509 g/mol. The molecular weight excluding hydrogens is 471 g/mol. The Kier molecular flexibility index (Phi) is 9.41. The lowest BCUT2D eigenvalue weighted by molar-refractivity contribution is -0.144. The molecule has 9 heteroatoms. The quantitative estimate of drug-likeness (QED) is 0.543. The van der Waals surface area contributed by atoms with E-state index in [-0.39, 0.29) is 29.3 Å². The van der Waals surface area contributed by atoms with Crippen molar-refractivity contribution in [3.05, 3.63) is 35.4 Å². The van der Waals surface area contributed by atoms with Gasteiger partial charge >= 0.3 is 6.18 Å². The Morgan fingerprint density at radius 3 is 2.44 bits per heavy atom. The van der Waals surface area contributed by atoms with Gasteiger partial charge in [-0.1, -0.05) is 52.0 Å². The van der Waals surface area contributed by atoms with E-state index in [0.717, 1.165) is 18.6 Å². The van der Waals surface area contributed by atoms with Gasteiger partial charge in [0.2, 0.25) is 11.8 Å². The molecule has 3 unspecified atom stereocenters. The highest BCUT2D eigenvalue weighted by Crippen LogP contribution is 2.30. The first-order valence-corrected chi connectivity index (χ1v) is 13.1. The number of carbonyl (C=O) groups is 3. The van der Waals surface area contributed by atoms with Crippen molar-refractivity contribution in [2.45, 2.75) is 84.0 Å². The minimum absolute atomic E-state index is 0.123. The molecule has 0 bridgehead atoms. The van der Waals surface area contributed by atoms with Gasteiger partial charge in [0, 0.05) is 37.7 Å². The van der Waals surface area contributed by atoms with Gasteiger partial charge < -0.3 is 15.1 Å². The predicted molar refractivity (Wildman–Crippen MR) is 131 cm³/mol.